The van der Waals surface area contributed by atoms with Gasteiger partial charge in [0.1, 0.15) is 5.69 Å². The summed E-state index contributed by atoms with van der Waals surface area (Å²) in [4.78, 5) is 24.0. The van der Waals surface area contributed by atoms with Gasteiger partial charge in [0.2, 0.25) is 0 Å². The standard InChI is InChI=1S/C13H16N2O5/c1-19-12-6-10(14-5-3-4-9(16)8-14)11(15(17)18)7-13(12)20-2/h6-7H,3-5,8H2,1-2H3. The summed E-state index contributed by atoms with van der Waals surface area (Å²) in [6, 6.07) is 2.88. The molecule has 1 aliphatic heterocycles. The number of methoxy groups -OCH3 is 2. The molecule has 7 heteroatoms. The van der Waals surface area contributed by atoms with Crippen molar-refractivity contribution in [1.82, 2.24) is 0 Å². The topological polar surface area (TPSA) is 81.9 Å². The highest BCUT2D eigenvalue weighted by Gasteiger charge is 2.26. The Morgan fingerprint density at radius 3 is 2.45 bits per heavy atom. The number of hydrogen-bond acceptors (Lipinski definition) is 6. The smallest absolute Gasteiger partial charge is 0.296 e. The van der Waals surface area contributed by atoms with Crippen molar-refractivity contribution in [3.8, 4) is 11.5 Å². The second-order valence-corrected chi connectivity index (χ2v) is 4.52. The largest absolute Gasteiger partial charge is 0.493 e. The van der Waals surface area contributed by atoms with Crippen LogP contribution >= 0.6 is 0 Å². The summed E-state index contributed by atoms with van der Waals surface area (Å²) >= 11 is 0. The molecule has 0 aliphatic carbocycles. The molecular weight excluding hydrogens is 264 g/mol. The number of anilines is 1. The Hall–Kier alpha value is -2.31. The second kappa shape index (κ2) is 5.77. The molecule has 7 nitrogen and oxygen atoms in total. The summed E-state index contributed by atoms with van der Waals surface area (Å²) in [7, 11) is 2.89. The summed E-state index contributed by atoms with van der Waals surface area (Å²) in [5.74, 6) is 0.790. The van der Waals surface area contributed by atoms with Gasteiger partial charge < -0.3 is 14.4 Å². The first-order valence-corrected chi connectivity index (χ1v) is 6.24. The molecule has 20 heavy (non-hydrogen) atoms. The number of nitrogens with zero attached hydrogens (tertiary/aromatic N) is 2. The fourth-order valence-electron chi connectivity index (χ4n) is 2.30. The molecule has 1 aromatic carbocycles. The van der Waals surface area contributed by atoms with Crippen LogP contribution in [-0.4, -0.2) is 38.0 Å². The molecule has 0 atom stereocenters. The van der Waals surface area contributed by atoms with Gasteiger partial charge in [-0.1, -0.05) is 0 Å². The van der Waals surface area contributed by atoms with Gasteiger partial charge in [-0.15, -0.1) is 0 Å². The quantitative estimate of drug-likeness (QED) is 0.617. The SMILES string of the molecule is COc1cc(N2CCCC(=O)C2)c([N+](=O)[O-])cc1OC. The number of rotatable bonds is 4. The summed E-state index contributed by atoms with van der Waals surface area (Å²) in [5.41, 5.74) is 0.304. The highest BCUT2D eigenvalue weighted by Crippen LogP contribution is 2.40. The summed E-state index contributed by atoms with van der Waals surface area (Å²) in [6.45, 7) is 0.804. The number of hydrogen-bond donors (Lipinski definition) is 0. The zero-order valence-electron chi connectivity index (χ0n) is 11.4. The monoisotopic (exact) mass is 280 g/mol. The third-order valence-corrected chi connectivity index (χ3v) is 3.27. The lowest BCUT2D eigenvalue weighted by Gasteiger charge is -2.28. The van der Waals surface area contributed by atoms with Crippen LogP contribution in [0.1, 0.15) is 12.8 Å². The number of ketones is 1. The van der Waals surface area contributed by atoms with Crippen LogP contribution in [0.15, 0.2) is 12.1 Å². The lowest BCUT2D eigenvalue weighted by molar-refractivity contribution is -0.384. The number of piperidine rings is 1. The molecule has 1 heterocycles. The number of nitro benzene ring substituents is 1. The second-order valence-electron chi connectivity index (χ2n) is 4.52. The number of carbonyl (C=O) groups is 1. The van der Waals surface area contributed by atoms with E-state index in [0.29, 0.717) is 36.6 Å². The highest BCUT2D eigenvalue weighted by molar-refractivity contribution is 5.86. The van der Waals surface area contributed by atoms with Gasteiger partial charge in [-0.25, -0.2) is 0 Å². The van der Waals surface area contributed by atoms with Crippen molar-refractivity contribution in [2.24, 2.45) is 0 Å². The van der Waals surface area contributed by atoms with Crippen LogP contribution in [0.4, 0.5) is 11.4 Å². The van der Waals surface area contributed by atoms with E-state index < -0.39 is 4.92 Å². The van der Waals surface area contributed by atoms with Crippen molar-refractivity contribution in [1.29, 1.82) is 0 Å². The Morgan fingerprint density at radius 2 is 1.90 bits per heavy atom. The van der Waals surface area contributed by atoms with Gasteiger partial charge in [-0.3, -0.25) is 14.9 Å². The fraction of sp³-hybridized carbons (Fsp3) is 0.462. The number of carbonyl (C=O) groups excluding carboxylic acids is 1. The van der Waals surface area contributed by atoms with Crippen LogP contribution in [0.25, 0.3) is 0 Å². The summed E-state index contributed by atoms with van der Waals surface area (Å²) in [6.07, 6.45) is 1.22. The average Bonchev–Trinajstić information content (AvgIpc) is 2.45. The van der Waals surface area contributed by atoms with Gasteiger partial charge >= 0.3 is 0 Å². The van der Waals surface area contributed by atoms with Crippen molar-refractivity contribution in [3.05, 3.63) is 22.2 Å². The van der Waals surface area contributed by atoms with Gasteiger partial charge in [0, 0.05) is 19.0 Å². The van der Waals surface area contributed by atoms with Crippen molar-refractivity contribution < 1.29 is 19.2 Å². The van der Waals surface area contributed by atoms with E-state index in [1.165, 1.54) is 20.3 Å². The third-order valence-electron chi connectivity index (χ3n) is 3.27. The van der Waals surface area contributed by atoms with Gasteiger partial charge in [0.05, 0.1) is 31.8 Å². The van der Waals surface area contributed by atoms with Crippen molar-refractivity contribution >= 4 is 17.2 Å². The van der Waals surface area contributed by atoms with E-state index in [2.05, 4.69) is 0 Å². The van der Waals surface area contributed by atoms with Crippen molar-refractivity contribution in [2.75, 3.05) is 32.2 Å². The molecule has 108 valence electrons. The minimum absolute atomic E-state index is 0.0836. The van der Waals surface area contributed by atoms with Crippen LogP contribution in [0.5, 0.6) is 11.5 Å². The molecular formula is C13H16N2O5. The first-order chi connectivity index (χ1) is 9.56. The maximum atomic E-state index is 11.5. The fourth-order valence-corrected chi connectivity index (χ4v) is 2.30. The Labute approximate surface area is 116 Å². The molecule has 0 saturated carbocycles. The molecule has 0 bridgehead atoms. The number of nitro groups is 1. The lowest BCUT2D eigenvalue weighted by atomic mass is 10.1. The van der Waals surface area contributed by atoms with Gasteiger partial charge in [-0.05, 0) is 6.42 Å². The molecule has 1 aliphatic rings. The molecule has 0 unspecified atom stereocenters. The minimum atomic E-state index is -0.476. The van der Waals surface area contributed by atoms with E-state index in [9.17, 15) is 14.9 Å². The van der Waals surface area contributed by atoms with E-state index in [0.717, 1.165) is 0 Å². The molecule has 1 fully saturated rings. The molecule has 0 N–H and O–H groups in total. The van der Waals surface area contributed by atoms with Crippen molar-refractivity contribution in [3.63, 3.8) is 0 Å². The van der Waals surface area contributed by atoms with Crippen LogP contribution in [0, 0.1) is 10.1 Å². The maximum absolute atomic E-state index is 11.5. The van der Waals surface area contributed by atoms with E-state index in [1.54, 1.807) is 11.0 Å². The molecule has 0 radical (unpaired) electrons. The molecule has 0 amide bonds. The normalized spacial score (nSPS) is 15.1. The van der Waals surface area contributed by atoms with Crippen LogP contribution in [-0.2, 0) is 4.79 Å². The molecule has 1 saturated heterocycles. The van der Waals surface area contributed by atoms with E-state index in [1.807, 2.05) is 0 Å². The Morgan fingerprint density at radius 1 is 1.25 bits per heavy atom. The minimum Gasteiger partial charge on any atom is -0.493 e. The van der Waals surface area contributed by atoms with Gasteiger partial charge in [0.25, 0.3) is 5.69 Å². The van der Waals surface area contributed by atoms with E-state index in [4.69, 9.17) is 9.47 Å². The molecule has 2 rings (SSSR count). The van der Waals surface area contributed by atoms with E-state index >= 15 is 0 Å². The summed E-state index contributed by atoms with van der Waals surface area (Å²) < 4.78 is 10.2. The van der Waals surface area contributed by atoms with Crippen LogP contribution in [0.2, 0.25) is 0 Å². The number of benzene rings is 1. The lowest BCUT2D eigenvalue weighted by Crippen LogP contribution is -2.35. The predicted octanol–water partition coefficient (Wildman–Crippen LogP) is 1.78. The van der Waals surface area contributed by atoms with E-state index in [-0.39, 0.29) is 18.0 Å². The van der Waals surface area contributed by atoms with Gasteiger partial charge in [0.15, 0.2) is 17.3 Å². The first kappa shape index (κ1) is 14.1. The van der Waals surface area contributed by atoms with Crippen molar-refractivity contribution in [2.45, 2.75) is 12.8 Å². The average molecular weight is 280 g/mol. The Balaban J connectivity index is 2.48. The Bertz CT molecular complexity index is 544. The first-order valence-electron chi connectivity index (χ1n) is 6.24. The van der Waals surface area contributed by atoms with Crippen LogP contribution < -0.4 is 14.4 Å². The van der Waals surface area contributed by atoms with Gasteiger partial charge in [-0.2, -0.15) is 0 Å². The highest BCUT2D eigenvalue weighted by atomic mass is 16.6. The zero-order valence-corrected chi connectivity index (χ0v) is 11.4. The molecule has 0 spiro atoms. The third kappa shape index (κ3) is 2.66. The zero-order chi connectivity index (χ0) is 14.7. The molecule has 0 aromatic heterocycles. The van der Waals surface area contributed by atoms with Crippen LogP contribution in [0.3, 0.4) is 0 Å². The number of ether oxygens (including phenoxy) is 2. The molecule has 1 aromatic rings. The number of Topliss-reactive ketones (excluding diaryl/α,β-unsaturated/α-hetero) is 1. The predicted molar refractivity (Wildman–Crippen MR) is 72.7 cm³/mol. The summed E-state index contributed by atoms with van der Waals surface area (Å²) in [5, 5.41) is 11.2. The maximum Gasteiger partial charge on any atom is 0.296 e. The Kier molecular flexibility index (Phi) is 4.07.